The maximum Gasteiger partial charge on any atom is 0.341 e. The van der Waals surface area contributed by atoms with E-state index in [0.717, 1.165) is 37.7 Å². The Bertz CT molecular complexity index is 1150. The van der Waals surface area contributed by atoms with E-state index in [0.29, 0.717) is 17.1 Å². The summed E-state index contributed by atoms with van der Waals surface area (Å²) in [4.78, 5) is 13.8. The van der Waals surface area contributed by atoms with Crippen molar-refractivity contribution in [2.45, 2.75) is 0 Å². The predicted molar refractivity (Wildman–Crippen MR) is 124 cm³/mol. The quantitative estimate of drug-likeness (QED) is 0.378. The van der Waals surface area contributed by atoms with Gasteiger partial charge in [0.2, 0.25) is 0 Å². The molecule has 33 heavy (non-hydrogen) atoms. The zero-order chi connectivity index (χ0) is 23.0. The third-order valence-corrected chi connectivity index (χ3v) is 5.02. The number of hydrogen-bond donors (Lipinski definition) is 1. The van der Waals surface area contributed by atoms with Gasteiger partial charge in [-0.25, -0.2) is 4.79 Å². The molecule has 9 nitrogen and oxygen atoms in total. The van der Waals surface area contributed by atoms with Gasteiger partial charge in [0.25, 0.3) is 0 Å². The molecule has 0 saturated carbocycles. The molecule has 1 heterocycles. The maximum absolute atomic E-state index is 11.5. The molecule has 1 aliphatic rings. The largest absolute Gasteiger partial charge is 0.507 e. The summed E-state index contributed by atoms with van der Waals surface area (Å²) in [7, 11) is 1.25. The summed E-state index contributed by atoms with van der Waals surface area (Å²) in [5.74, 6) is -0.833. The number of phenolic OH excluding ortho intramolecular Hbond substituents is 1. The molecule has 0 spiro atoms. The number of aromatic hydroxyl groups is 1. The van der Waals surface area contributed by atoms with Crippen LogP contribution < -0.4 is 4.90 Å². The van der Waals surface area contributed by atoms with Crippen LogP contribution in [0.1, 0.15) is 10.4 Å². The fraction of sp³-hybridized carbons (Fsp3) is 0.208. The first kappa shape index (κ1) is 22.1. The van der Waals surface area contributed by atoms with Crippen LogP contribution in [-0.4, -0.2) is 44.5 Å². The lowest BCUT2D eigenvalue weighted by Crippen LogP contribution is -2.36. The molecule has 1 aliphatic heterocycles. The Morgan fingerprint density at radius 3 is 1.82 bits per heavy atom. The number of carbonyl (C=O) groups is 1. The van der Waals surface area contributed by atoms with E-state index in [4.69, 9.17) is 4.74 Å². The van der Waals surface area contributed by atoms with E-state index in [9.17, 15) is 9.90 Å². The maximum atomic E-state index is 11.5. The molecule has 1 fully saturated rings. The molecule has 9 heteroatoms. The number of benzene rings is 3. The lowest BCUT2D eigenvalue weighted by molar-refractivity contribution is 0.0597. The molecular formula is C24H23N5O4. The van der Waals surface area contributed by atoms with Crippen molar-refractivity contribution in [1.82, 2.24) is 0 Å². The second kappa shape index (κ2) is 10.5. The second-order valence-electron chi connectivity index (χ2n) is 7.23. The molecule has 168 valence electrons. The minimum atomic E-state index is -0.617. The number of phenols is 1. The van der Waals surface area contributed by atoms with E-state index >= 15 is 0 Å². The number of methoxy groups -OCH3 is 1. The van der Waals surface area contributed by atoms with Gasteiger partial charge in [-0.2, -0.15) is 20.5 Å². The number of anilines is 1. The van der Waals surface area contributed by atoms with Crippen molar-refractivity contribution in [3.8, 4) is 5.75 Å². The van der Waals surface area contributed by atoms with Gasteiger partial charge in [-0.05, 0) is 60.7 Å². The van der Waals surface area contributed by atoms with Gasteiger partial charge >= 0.3 is 5.97 Å². The van der Waals surface area contributed by atoms with E-state index in [2.05, 4.69) is 30.1 Å². The van der Waals surface area contributed by atoms with Crippen LogP contribution in [0.2, 0.25) is 0 Å². The summed E-state index contributed by atoms with van der Waals surface area (Å²) in [6.07, 6.45) is 0. The average Bonchev–Trinajstić information content (AvgIpc) is 2.87. The normalized spacial score (nSPS) is 14.2. The van der Waals surface area contributed by atoms with Crippen molar-refractivity contribution in [1.29, 1.82) is 0 Å². The van der Waals surface area contributed by atoms with Gasteiger partial charge in [-0.1, -0.05) is 0 Å². The fourth-order valence-corrected chi connectivity index (χ4v) is 3.23. The summed E-state index contributed by atoms with van der Waals surface area (Å²) in [6, 6.07) is 19.4. The number of hydrogen-bond acceptors (Lipinski definition) is 9. The summed E-state index contributed by atoms with van der Waals surface area (Å²) >= 11 is 0. The van der Waals surface area contributed by atoms with Crippen molar-refractivity contribution in [3.63, 3.8) is 0 Å². The number of azo groups is 2. The second-order valence-corrected chi connectivity index (χ2v) is 7.23. The highest BCUT2D eigenvalue weighted by molar-refractivity contribution is 5.92. The van der Waals surface area contributed by atoms with Crippen molar-refractivity contribution < 1.29 is 19.4 Å². The van der Waals surface area contributed by atoms with Crippen molar-refractivity contribution in [2.24, 2.45) is 20.5 Å². The molecule has 0 radical (unpaired) electrons. The Morgan fingerprint density at radius 1 is 0.818 bits per heavy atom. The van der Waals surface area contributed by atoms with E-state index in [-0.39, 0.29) is 11.3 Å². The molecule has 0 atom stereocenters. The highest BCUT2D eigenvalue weighted by atomic mass is 16.5. The van der Waals surface area contributed by atoms with Crippen LogP contribution in [0, 0.1) is 0 Å². The number of ether oxygens (including phenoxy) is 2. The standard InChI is InChI=1S/C24H23N5O4/c1-32-24(31)22-11-8-20(16-23(22)30)28-27-18-4-2-17(3-5-18)25-26-19-6-9-21(10-7-19)29-12-14-33-15-13-29/h2-11,16,30H,12-15H2,1H3. The van der Waals surface area contributed by atoms with Gasteiger partial charge in [-0.15, -0.1) is 0 Å². The molecule has 0 aliphatic carbocycles. The Labute approximate surface area is 191 Å². The van der Waals surface area contributed by atoms with Gasteiger partial charge < -0.3 is 19.5 Å². The van der Waals surface area contributed by atoms with Gasteiger partial charge in [-0.3, -0.25) is 0 Å². The SMILES string of the molecule is COC(=O)c1ccc(N=Nc2ccc(N=Nc3ccc(N4CCOCC4)cc3)cc2)cc1O. The number of morpholine rings is 1. The van der Waals surface area contributed by atoms with Crippen molar-refractivity contribution >= 4 is 34.4 Å². The van der Waals surface area contributed by atoms with Crippen LogP contribution in [0.3, 0.4) is 0 Å². The topological polar surface area (TPSA) is 108 Å². The van der Waals surface area contributed by atoms with Gasteiger partial charge in [0.15, 0.2) is 0 Å². The van der Waals surface area contributed by atoms with Crippen LogP contribution in [0.5, 0.6) is 5.75 Å². The Morgan fingerprint density at radius 2 is 1.30 bits per heavy atom. The summed E-state index contributed by atoms with van der Waals surface area (Å²) < 4.78 is 9.99. The molecule has 4 rings (SSSR count). The van der Waals surface area contributed by atoms with Crippen LogP contribution in [-0.2, 0) is 9.47 Å². The smallest absolute Gasteiger partial charge is 0.341 e. The minimum Gasteiger partial charge on any atom is -0.507 e. The lowest BCUT2D eigenvalue weighted by Gasteiger charge is -2.28. The highest BCUT2D eigenvalue weighted by Crippen LogP contribution is 2.28. The Balaban J connectivity index is 1.36. The molecule has 1 N–H and O–H groups in total. The first-order chi connectivity index (χ1) is 16.1. The van der Waals surface area contributed by atoms with Crippen LogP contribution in [0.4, 0.5) is 28.4 Å². The number of rotatable bonds is 6. The van der Waals surface area contributed by atoms with Crippen LogP contribution in [0.25, 0.3) is 0 Å². The zero-order valence-electron chi connectivity index (χ0n) is 18.1. The number of carbonyl (C=O) groups excluding carboxylic acids is 1. The van der Waals surface area contributed by atoms with Crippen molar-refractivity contribution in [3.05, 3.63) is 72.3 Å². The Kier molecular flexibility index (Phi) is 7.01. The van der Waals surface area contributed by atoms with Gasteiger partial charge in [0.05, 0.1) is 43.1 Å². The third-order valence-electron chi connectivity index (χ3n) is 5.02. The number of nitrogens with zero attached hydrogens (tertiary/aromatic N) is 5. The molecule has 0 unspecified atom stereocenters. The molecular weight excluding hydrogens is 422 g/mol. The molecule has 3 aromatic rings. The highest BCUT2D eigenvalue weighted by Gasteiger charge is 2.12. The monoisotopic (exact) mass is 445 g/mol. The average molecular weight is 445 g/mol. The van der Waals surface area contributed by atoms with Gasteiger partial charge in [0, 0.05) is 24.8 Å². The van der Waals surface area contributed by atoms with E-state index in [1.807, 2.05) is 24.3 Å². The molecule has 0 aromatic heterocycles. The summed E-state index contributed by atoms with van der Waals surface area (Å²) in [6.45, 7) is 3.29. The van der Waals surface area contributed by atoms with E-state index in [1.54, 1.807) is 30.3 Å². The minimum absolute atomic E-state index is 0.0712. The molecule has 0 amide bonds. The first-order valence-electron chi connectivity index (χ1n) is 10.4. The van der Waals surface area contributed by atoms with Crippen molar-refractivity contribution in [2.75, 3.05) is 38.3 Å². The van der Waals surface area contributed by atoms with E-state index < -0.39 is 5.97 Å². The molecule has 3 aromatic carbocycles. The predicted octanol–water partition coefficient (Wildman–Crippen LogP) is 5.85. The molecule has 1 saturated heterocycles. The van der Waals surface area contributed by atoms with Crippen LogP contribution >= 0.6 is 0 Å². The zero-order valence-corrected chi connectivity index (χ0v) is 18.1. The third kappa shape index (κ3) is 5.78. The van der Waals surface area contributed by atoms with Crippen LogP contribution in [0.15, 0.2) is 87.2 Å². The summed E-state index contributed by atoms with van der Waals surface area (Å²) in [5, 5.41) is 26.7. The number of esters is 1. The van der Waals surface area contributed by atoms with Gasteiger partial charge in [0.1, 0.15) is 11.3 Å². The molecule has 0 bridgehead atoms. The van der Waals surface area contributed by atoms with E-state index in [1.165, 1.54) is 19.2 Å². The fourth-order valence-electron chi connectivity index (χ4n) is 3.23. The Hall–Kier alpha value is -4.11. The lowest BCUT2D eigenvalue weighted by atomic mass is 10.2. The summed E-state index contributed by atoms with van der Waals surface area (Å²) in [5.41, 5.74) is 3.70. The first-order valence-corrected chi connectivity index (χ1v) is 10.4.